The van der Waals surface area contributed by atoms with Gasteiger partial charge in [-0.2, -0.15) is 42.1 Å². The number of carbonyl (C=O) groups excluding carboxylic acids is 2. The Hall–Kier alpha value is -12.6. The molecule has 0 aliphatic heterocycles. The second-order valence-electron chi connectivity index (χ2n) is 17.0. The van der Waals surface area contributed by atoms with E-state index in [2.05, 4.69) is 19.7 Å². The summed E-state index contributed by atoms with van der Waals surface area (Å²) in [7, 11) is 0. The van der Waals surface area contributed by atoms with Gasteiger partial charge in [0.15, 0.2) is 58.1 Å². The van der Waals surface area contributed by atoms with Crippen molar-refractivity contribution in [3.05, 3.63) is 195 Å². The van der Waals surface area contributed by atoms with Gasteiger partial charge in [0.2, 0.25) is 0 Å². The molecule has 4 aliphatic carbocycles. The van der Waals surface area contributed by atoms with Gasteiger partial charge in [0.1, 0.15) is 97.9 Å². The number of nitrogens with zero attached hydrogens (tertiary/aromatic N) is 14. The van der Waals surface area contributed by atoms with E-state index < -0.39 is 155 Å². The van der Waals surface area contributed by atoms with Crippen LogP contribution in [0.1, 0.15) is 77.7 Å². The molecular formula is C56H14F10N14O2. The summed E-state index contributed by atoms with van der Waals surface area (Å²) in [6.07, 6.45) is 2.65. The molecule has 0 radical (unpaired) electrons. The van der Waals surface area contributed by atoms with Gasteiger partial charge in [-0.3, -0.25) is 9.59 Å². The van der Waals surface area contributed by atoms with Crippen molar-refractivity contribution in [1.29, 1.82) is 52.6 Å². The van der Waals surface area contributed by atoms with Crippen molar-refractivity contribution in [2.75, 3.05) is 0 Å². The third-order valence-electron chi connectivity index (χ3n) is 13.1. The fourth-order valence-electron chi connectivity index (χ4n) is 9.51. The first-order valence-electron chi connectivity index (χ1n) is 22.1. The first kappa shape index (κ1) is 57.2. The number of benzene rings is 4. The quantitative estimate of drug-likeness (QED) is 0.0603. The Bertz CT molecular complexity index is 4290. The molecule has 4 aromatic carbocycles. The van der Waals surface area contributed by atoms with Crippen LogP contribution >= 0.6 is 0 Å². The maximum Gasteiger partial charge on any atom is 0.266 e. The Morgan fingerprint density at radius 1 is 0.476 bits per heavy atom. The van der Waals surface area contributed by atoms with Crippen molar-refractivity contribution in [3.63, 3.8) is 0 Å². The van der Waals surface area contributed by atoms with Crippen molar-refractivity contribution in [2.24, 2.45) is 23.7 Å². The van der Waals surface area contributed by atoms with E-state index in [-0.39, 0.29) is 61.4 Å². The molecule has 0 bridgehead atoms. The molecule has 9 rings (SSSR count). The second-order valence-corrected chi connectivity index (χ2v) is 17.0. The first-order chi connectivity index (χ1) is 39.0. The van der Waals surface area contributed by atoms with E-state index in [1.54, 1.807) is 24.3 Å². The molecule has 4 unspecified atom stereocenters. The molecular weight excluding hydrogens is 1090 g/mol. The maximum atomic E-state index is 14.4. The van der Waals surface area contributed by atoms with E-state index in [9.17, 15) is 74.5 Å². The fourth-order valence-corrected chi connectivity index (χ4v) is 9.51. The Kier molecular flexibility index (Phi) is 15.2. The van der Waals surface area contributed by atoms with Crippen LogP contribution in [0.2, 0.25) is 0 Å². The number of rotatable bonds is 0. The van der Waals surface area contributed by atoms with Crippen molar-refractivity contribution in [2.45, 2.75) is 13.8 Å². The minimum atomic E-state index is -2.05. The summed E-state index contributed by atoms with van der Waals surface area (Å²) in [4.78, 5) is 40.0. The highest BCUT2D eigenvalue weighted by atomic mass is 19.2. The number of carbonyl (C=O) groups is 2. The molecule has 4 atom stereocenters. The van der Waals surface area contributed by atoms with E-state index in [1.165, 1.54) is 62.4 Å². The van der Waals surface area contributed by atoms with Gasteiger partial charge in [0.25, 0.3) is 11.4 Å². The standard InChI is InChI=1S/C21H9F3N4.C18H2F4N4O2.C17H3F3N6/c1-10-4-11-12(5-15(10)22)21(19(9-26)28-3)14-7-17(24)16(23)6-13(14)20(11)18(8-25)27-2;19-13-5(1-23)9-10(6(2-24)14(13)20)18(28)12-8(4-26)16(22)15(21)7(3-25)11(12)17(9)27;1-6-7(2-21)14-15(8(3-22)11(6)18)26-17-10(5-24)13(20)12(19)9(4-23)16(17)25-14/h4-7,11-12H,1H3;9-10H;1H3/b20-18-,21-19-;;. The summed E-state index contributed by atoms with van der Waals surface area (Å²) >= 11 is 0. The van der Waals surface area contributed by atoms with E-state index in [0.717, 1.165) is 12.1 Å². The van der Waals surface area contributed by atoms with E-state index in [0.29, 0.717) is 0 Å². The molecule has 0 fully saturated rings. The smallest absolute Gasteiger partial charge is 0.266 e. The predicted octanol–water partition coefficient (Wildman–Crippen LogP) is 11.2. The van der Waals surface area contributed by atoms with E-state index in [1.807, 2.05) is 0 Å². The van der Waals surface area contributed by atoms with Crippen LogP contribution in [-0.2, 0) is 0 Å². The minimum Gasteiger partial charge on any atom is -0.293 e. The summed E-state index contributed by atoms with van der Waals surface area (Å²) in [5.41, 5.74) is -11.2. The Morgan fingerprint density at radius 3 is 1.13 bits per heavy atom. The highest BCUT2D eigenvalue weighted by molar-refractivity contribution is 6.21. The molecule has 1 aromatic heterocycles. The minimum absolute atomic E-state index is 0.00361. The molecule has 26 heteroatoms. The number of hydrogen-bond acceptors (Lipinski definition) is 14. The van der Waals surface area contributed by atoms with Gasteiger partial charge >= 0.3 is 0 Å². The molecule has 390 valence electrons. The molecule has 0 N–H and O–H groups in total. The number of hydrogen-bond donors (Lipinski definition) is 0. The van der Waals surface area contributed by atoms with Crippen LogP contribution in [0.3, 0.4) is 0 Å². The van der Waals surface area contributed by atoms with Crippen LogP contribution in [0.5, 0.6) is 0 Å². The zero-order valence-electron chi connectivity index (χ0n) is 40.5. The lowest BCUT2D eigenvalue weighted by Crippen LogP contribution is -2.42. The van der Waals surface area contributed by atoms with Crippen LogP contribution in [0.4, 0.5) is 43.9 Å². The Morgan fingerprint density at radius 2 is 0.805 bits per heavy atom. The summed E-state index contributed by atoms with van der Waals surface area (Å²) < 4.78 is 141. The van der Waals surface area contributed by atoms with Crippen LogP contribution in [0, 0.1) is 198 Å². The zero-order valence-corrected chi connectivity index (χ0v) is 40.5. The number of fused-ring (bicyclic) bond motifs is 6. The molecule has 0 amide bonds. The van der Waals surface area contributed by atoms with Gasteiger partial charge < -0.3 is 0 Å². The Labute approximate surface area is 452 Å². The lowest BCUT2D eigenvalue weighted by atomic mass is 9.64. The monoisotopic (exact) mass is 1100 g/mol. The second kappa shape index (κ2) is 21.8. The average molecular weight is 1100 g/mol. The van der Waals surface area contributed by atoms with Gasteiger partial charge in [-0.25, -0.2) is 74.1 Å². The predicted molar refractivity (Wildman–Crippen MR) is 254 cm³/mol. The molecule has 1 heterocycles. The fraction of sp³-hybridized carbons (Fsp3) is 0.107. The SMILES string of the molecule is Cc1c(F)c(C#N)c2nc3c(C#N)c(F)c(F)c(C#N)c3nc2c1C#N.N#CC1=C(F)C(F)=C(C#N)C2C(=O)c3c(C#N)c(F)c(F)c(C#N)c3C(=O)C12.[C-]#[N+]/C(C#N)=C1\c2cc(F)c(F)cc2/C(=C(/C#N)[N+]#[C-])C2C=C(F)C(C)=CC12. The molecule has 5 aromatic rings. The number of aromatic nitrogens is 2. The van der Waals surface area contributed by atoms with Crippen molar-refractivity contribution in [1.82, 2.24) is 9.97 Å². The molecule has 0 spiro atoms. The zero-order chi connectivity index (χ0) is 60.7. The van der Waals surface area contributed by atoms with Crippen molar-refractivity contribution < 1.29 is 53.5 Å². The molecule has 16 nitrogen and oxygen atoms in total. The number of halogens is 10. The maximum absolute atomic E-state index is 14.4. The Balaban J connectivity index is 0.000000177. The molecule has 82 heavy (non-hydrogen) atoms. The van der Waals surface area contributed by atoms with Crippen LogP contribution in [0.15, 0.2) is 69.9 Å². The van der Waals surface area contributed by atoms with Crippen molar-refractivity contribution in [3.8, 4) is 60.7 Å². The lowest BCUT2D eigenvalue weighted by Gasteiger charge is -2.37. The van der Waals surface area contributed by atoms with Gasteiger partial charge in [-0.05, 0) is 59.9 Å². The van der Waals surface area contributed by atoms with Crippen molar-refractivity contribution >= 4 is 44.8 Å². The third-order valence-corrected chi connectivity index (χ3v) is 13.1. The van der Waals surface area contributed by atoms with Crippen LogP contribution in [0.25, 0.3) is 42.9 Å². The molecule has 4 aliphatic rings. The number of Topliss-reactive ketones (excluding diaryl/α,β-unsaturated/α-hetero) is 2. The average Bonchev–Trinajstić information content (AvgIpc) is 3.58. The summed E-state index contributed by atoms with van der Waals surface area (Å²) in [6, 6.07) is 16.2. The van der Waals surface area contributed by atoms with E-state index >= 15 is 0 Å². The topological polar surface area (TPSA) is 307 Å². The van der Waals surface area contributed by atoms with Crippen LogP contribution in [-0.4, -0.2) is 21.5 Å². The lowest BCUT2D eigenvalue weighted by molar-refractivity contribution is 0.0784. The first-order valence-corrected chi connectivity index (χ1v) is 22.1. The highest BCUT2D eigenvalue weighted by Gasteiger charge is 2.53. The van der Waals surface area contributed by atoms with E-state index in [4.69, 9.17) is 44.7 Å². The summed E-state index contributed by atoms with van der Waals surface area (Å²) in [5.74, 6) is -23.2. The number of allylic oxidation sites excluding steroid dienone is 12. The van der Waals surface area contributed by atoms with Gasteiger partial charge in [-0.1, -0.05) is 6.08 Å². The van der Waals surface area contributed by atoms with Gasteiger partial charge in [0, 0.05) is 17.4 Å². The number of nitriles is 10. The van der Waals surface area contributed by atoms with Gasteiger partial charge in [0.05, 0.1) is 77.1 Å². The largest absolute Gasteiger partial charge is 0.293 e. The number of ketones is 2. The highest BCUT2D eigenvalue weighted by Crippen LogP contribution is 2.53. The third kappa shape index (κ3) is 8.47. The normalized spacial score (nSPS) is 18.2. The summed E-state index contributed by atoms with van der Waals surface area (Å²) in [5, 5.41) is 91.9. The molecule has 0 saturated carbocycles. The van der Waals surface area contributed by atoms with Crippen LogP contribution < -0.4 is 0 Å². The summed E-state index contributed by atoms with van der Waals surface area (Å²) in [6.45, 7) is 17.3. The molecule has 0 saturated heterocycles. The van der Waals surface area contributed by atoms with Gasteiger partial charge in [-0.15, -0.1) is 0 Å².